The lowest BCUT2D eigenvalue weighted by Gasteiger charge is -2.19. The molecule has 2 unspecified atom stereocenters. The standard InChI is InChI=1S/C39H37N7O5S.2O3S/c1-23-20-36(25(3)18-34(23)43-41-32-8-6-7-9-38(32)52(48,49)50)45-46-37-21-24(2)35(19-26(37)4)44-42-33-17-10-27-22-29(13-16-31(27)39(33)47)40-28-11-14-30(51-5)15-12-28;2*1-4(2)3/h6-22,26,37,40,47H,1-5H3,(H,48,49,50);;. The molecule has 0 saturated heterocycles. The summed E-state index contributed by atoms with van der Waals surface area (Å²) in [5.41, 5.74) is 6.54. The quantitative estimate of drug-likeness (QED) is 0.0874. The van der Waals surface area contributed by atoms with Crippen molar-refractivity contribution in [3.8, 4) is 11.5 Å². The lowest BCUT2D eigenvalue weighted by molar-refractivity contribution is 0.415. The lowest BCUT2D eigenvalue weighted by Crippen LogP contribution is -2.15. The van der Waals surface area contributed by atoms with E-state index >= 15 is 0 Å². The Labute approximate surface area is 347 Å². The number of hydrogen-bond donors (Lipinski definition) is 3. The van der Waals surface area contributed by atoms with Crippen LogP contribution in [0.2, 0.25) is 0 Å². The molecule has 0 amide bonds. The van der Waals surface area contributed by atoms with Crippen molar-refractivity contribution >= 4 is 76.2 Å². The zero-order valence-electron chi connectivity index (χ0n) is 32.4. The van der Waals surface area contributed by atoms with Crippen LogP contribution in [0.5, 0.6) is 11.5 Å². The summed E-state index contributed by atoms with van der Waals surface area (Å²) >= 11 is 0. The van der Waals surface area contributed by atoms with E-state index in [0.717, 1.165) is 39.2 Å². The van der Waals surface area contributed by atoms with Crippen LogP contribution < -0.4 is 10.1 Å². The van der Waals surface area contributed by atoms with Gasteiger partial charge in [0.05, 0.1) is 30.2 Å². The number of azo groups is 3. The van der Waals surface area contributed by atoms with Crippen molar-refractivity contribution in [3.05, 3.63) is 126 Å². The van der Waals surface area contributed by atoms with Crippen molar-refractivity contribution in [1.82, 2.24) is 0 Å². The monoisotopic (exact) mass is 875 g/mol. The van der Waals surface area contributed by atoms with E-state index in [1.807, 2.05) is 94.4 Å². The average molecular weight is 876 g/mol. The lowest BCUT2D eigenvalue weighted by atomic mass is 9.92. The molecule has 3 N–H and O–H groups in total. The Kier molecular flexibility index (Phi) is 15.9. The third kappa shape index (κ3) is 13.1. The minimum absolute atomic E-state index is 0.0272. The zero-order chi connectivity index (χ0) is 44.1. The molecule has 0 spiro atoms. The number of anilines is 2. The van der Waals surface area contributed by atoms with Crippen LogP contribution in [0.3, 0.4) is 0 Å². The van der Waals surface area contributed by atoms with Crippen LogP contribution in [0.25, 0.3) is 10.8 Å². The van der Waals surface area contributed by atoms with Crippen LogP contribution in [0.15, 0.2) is 150 Å². The number of benzene rings is 5. The van der Waals surface area contributed by atoms with Gasteiger partial charge in [0.15, 0.2) is 5.75 Å². The second kappa shape index (κ2) is 20.7. The first-order valence-electron chi connectivity index (χ1n) is 17.4. The summed E-state index contributed by atoms with van der Waals surface area (Å²) in [6, 6.07) is 26.3. The molecule has 5 aromatic rings. The minimum Gasteiger partial charge on any atom is -0.505 e. The number of hydrogen-bond acceptors (Lipinski definition) is 17. The van der Waals surface area contributed by atoms with E-state index in [2.05, 4.69) is 36.0 Å². The molecule has 18 nitrogen and oxygen atoms in total. The first-order valence-corrected chi connectivity index (χ1v) is 20.8. The first kappa shape index (κ1) is 45.9. The van der Waals surface area contributed by atoms with E-state index in [1.165, 1.54) is 18.2 Å². The maximum atomic E-state index is 11.7. The number of fused-ring (bicyclic) bond motifs is 1. The Morgan fingerprint density at radius 1 is 0.667 bits per heavy atom. The van der Waals surface area contributed by atoms with Crippen LogP contribution in [0, 0.1) is 19.8 Å². The smallest absolute Gasteiger partial charge is 0.425 e. The molecule has 0 bridgehead atoms. The van der Waals surface area contributed by atoms with Crippen molar-refractivity contribution in [2.24, 2.45) is 36.6 Å². The third-order valence-electron chi connectivity index (χ3n) is 8.62. The molecule has 0 fully saturated rings. The Morgan fingerprint density at radius 3 is 1.85 bits per heavy atom. The fourth-order valence-electron chi connectivity index (χ4n) is 5.63. The molecule has 6 rings (SSSR count). The van der Waals surface area contributed by atoms with Gasteiger partial charge >= 0.3 is 21.2 Å². The second-order valence-corrected chi connectivity index (χ2v) is 15.1. The number of ether oxygens (including phenoxy) is 1. The van der Waals surface area contributed by atoms with Crippen molar-refractivity contribution in [3.63, 3.8) is 0 Å². The van der Waals surface area contributed by atoms with Crippen LogP contribution >= 0.6 is 0 Å². The number of nitrogens with one attached hydrogen (secondary N) is 1. The molecule has 60 heavy (non-hydrogen) atoms. The molecule has 0 aliphatic heterocycles. The highest BCUT2D eigenvalue weighted by molar-refractivity contribution is 7.86. The van der Waals surface area contributed by atoms with Gasteiger partial charge in [0, 0.05) is 22.7 Å². The summed E-state index contributed by atoms with van der Waals surface area (Å²) in [6.07, 6.45) is 3.99. The molecule has 0 aromatic heterocycles. The predicted molar refractivity (Wildman–Crippen MR) is 221 cm³/mol. The Hall–Kier alpha value is -6.81. The number of nitrogens with zero attached hydrogens (tertiary/aromatic N) is 6. The fourth-order valence-corrected chi connectivity index (χ4v) is 6.25. The van der Waals surface area contributed by atoms with Gasteiger partial charge in [-0.25, -0.2) is 0 Å². The van der Waals surface area contributed by atoms with Crippen molar-refractivity contribution < 1.29 is 48.1 Å². The molecule has 21 heteroatoms. The van der Waals surface area contributed by atoms with E-state index in [0.29, 0.717) is 28.1 Å². The van der Waals surface area contributed by atoms with Gasteiger partial charge in [0.25, 0.3) is 10.1 Å². The number of methoxy groups -OCH3 is 1. The zero-order valence-corrected chi connectivity index (χ0v) is 34.9. The molecule has 312 valence electrons. The summed E-state index contributed by atoms with van der Waals surface area (Å²) in [5.74, 6) is 0.806. The molecular formula is C39H37N7O11S3. The number of rotatable bonds is 10. The van der Waals surface area contributed by atoms with E-state index in [-0.39, 0.29) is 28.3 Å². The number of allylic oxidation sites excluding steroid dienone is 1. The highest BCUT2D eigenvalue weighted by Gasteiger charge is 2.21. The minimum atomic E-state index is -4.44. The molecule has 0 saturated carbocycles. The fraction of sp³-hybridized carbons (Fsp3) is 0.179. The molecular weight excluding hydrogens is 839 g/mol. The maximum absolute atomic E-state index is 11.7. The Morgan fingerprint density at radius 2 is 1.23 bits per heavy atom. The van der Waals surface area contributed by atoms with E-state index in [4.69, 9.17) is 30.0 Å². The van der Waals surface area contributed by atoms with Crippen LogP contribution in [0.1, 0.15) is 25.0 Å². The van der Waals surface area contributed by atoms with Crippen LogP contribution in [-0.2, 0) is 31.3 Å². The van der Waals surface area contributed by atoms with Gasteiger partial charge in [0.2, 0.25) is 0 Å². The molecule has 5 aromatic carbocycles. The summed E-state index contributed by atoms with van der Waals surface area (Å²) in [5, 5.41) is 42.3. The number of phenolic OH excluding ortho intramolecular Hbond substituents is 1. The van der Waals surface area contributed by atoms with Gasteiger partial charge in [-0.2, -0.15) is 28.9 Å². The van der Waals surface area contributed by atoms with Crippen molar-refractivity contribution in [2.75, 3.05) is 12.4 Å². The van der Waals surface area contributed by atoms with E-state index in [9.17, 15) is 18.1 Å². The normalized spacial score (nSPS) is 15.1. The third-order valence-corrected chi connectivity index (χ3v) is 9.52. The molecule has 0 heterocycles. The molecule has 1 aliphatic rings. The van der Waals surface area contributed by atoms with Gasteiger partial charge in [0.1, 0.15) is 22.0 Å². The summed E-state index contributed by atoms with van der Waals surface area (Å²) in [7, 11) is -9.03. The van der Waals surface area contributed by atoms with Gasteiger partial charge in [-0.05, 0) is 116 Å². The molecule has 2 atom stereocenters. The summed E-state index contributed by atoms with van der Waals surface area (Å²) < 4.78 is 88.8. The Balaban J connectivity index is 0.000000911. The first-order chi connectivity index (χ1) is 28.4. The topological polar surface area (TPSA) is 272 Å². The molecule has 1 aliphatic carbocycles. The van der Waals surface area contributed by atoms with Gasteiger partial charge in [-0.3, -0.25) is 4.55 Å². The van der Waals surface area contributed by atoms with Crippen molar-refractivity contribution in [2.45, 2.75) is 38.6 Å². The Bertz CT molecular complexity index is 2860. The van der Waals surface area contributed by atoms with Crippen LogP contribution in [0.4, 0.5) is 34.1 Å². The van der Waals surface area contributed by atoms with Crippen LogP contribution in [-0.4, -0.2) is 56.5 Å². The number of phenols is 1. The van der Waals surface area contributed by atoms with E-state index in [1.54, 1.807) is 25.3 Å². The number of aromatic hydroxyl groups is 1. The average Bonchev–Trinajstić information content (AvgIpc) is 3.18. The molecule has 0 radical (unpaired) electrons. The second-order valence-electron chi connectivity index (χ2n) is 12.9. The highest BCUT2D eigenvalue weighted by Crippen LogP contribution is 2.38. The number of aryl methyl sites for hydroxylation is 2. The van der Waals surface area contributed by atoms with Crippen molar-refractivity contribution in [1.29, 1.82) is 0 Å². The van der Waals surface area contributed by atoms with Gasteiger partial charge in [-0.1, -0.05) is 37.3 Å². The summed E-state index contributed by atoms with van der Waals surface area (Å²) in [4.78, 5) is -0.317. The highest BCUT2D eigenvalue weighted by atomic mass is 32.2. The predicted octanol–water partition coefficient (Wildman–Crippen LogP) is 9.28. The van der Waals surface area contributed by atoms with Gasteiger partial charge in [-0.15, -0.1) is 35.5 Å². The summed E-state index contributed by atoms with van der Waals surface area (Å²) in [6.45, 7) is 7.69. The largest absolute Gasteiger partial charge is 0.505 e. The van der Waals surface area contributed by atoms with E-state index < -0.39 is 31.3 Å². The maximum Gasteiger partial charge on any atom is 0.425 e. The SMILES string of the molecule is COc1ccc(Nc2ccc3c(O)c(N=NC4=CC(C)C(N=Nc5cc(C)c(N=Nc6ccccc6S(=O)(=O)O)cc5C)C=C4C)ccc3c2)cc1.O=S(=O)=O.O=S(=O)=O. The van der Waals surface area contributed by atoms with Gasteiger partial charge < -0.3 is 15.2 Å².